The van der Waals surface area contributed by atoms with E-state index >= 15 is 0 Å². The van der Waals surface area contributed by atoms with E-state index in [0.29, 0.717) is 11.3 Å². The molecule has 0 aromatic heterocycles. The number of aromatic hydroxyl groups is 1. The minimum atomic E-state index is 0.160. The standard InChI is InChI=1S/C15H15NO3/c1-18-13-5-3-4-12(9-13)16-10-11-8-14(19-2)6-7-15(11)17/h3-10,17H,1-2H3. The Bertz CT molecular complexity index is 594. The van der Waals surface area contributed by atoms with Crippen molar-refractivity contribution in [3.63, 3.8) is 0 Å². The van der Waals surface area contributed by atoms with Crippen molar-refractivity contribution in [1.82, 2.24) is 0 Å². The molecule has 0 unspecified atom stereocenters. The minimum absolute atomic E-state index is 0.160. The zero-order valence-electron chi connectivity index (χ0n) is 10.8. The molecule has 0 spiro atoms. The van der Waals surface area contributed by atoms with Gasteiger partial charge in [-0.3, -0.25) is 4.99 Å². The third-order valence-corrected chi connectivity index (χ3v) is 2.64. The van der Waals surface area contributed by atoms with Gasteiger partial charge in [-0.05, 0) is 30.3 Å². The lowest BCUT2D eigenvalue weighted by molar-refractivity contribution is 0.412. The first-order valence-corrected chi connectivity index (χ1v) is 5.78. The van der Waals surface area contributed by atoms with Crippen LogP contribution in [0.3, 0.4) is 0 Å². The minimum Gasteiger partial charge on any atom is -0.507 e. The van der Waals surface area contributed by atoms with Gasteiger partial charge in [0.05, 0.1) is 19.9 Å². The van der Waals surface area contributed by atoms with Gasteiger partial charge >= 0.3 is 0 Å². The Balaban J connectivity index is 2.26. The lowest BCUT2D eigenvalue weighted by Crippen LogP contribution is -1.87. The Hall–Kier alpha value is -2.49. The summed E-state index contributed by atoms with van der Waals surface area (Å²) < 4.78 is 10.2. The van der Waals surface area contributed by atoms with Gasteiger partial charge in [0.25, 0.3) is 0 Å². The smallest absolute Gasteiger partial charge is 0.124 e. The molecule has 19 heavy (non-hydrogen) atoms. The van der Waals surface area contributed by atoms with Crippen LogP contribution in [0.1, 0.15) is 5.56 Å². The molecule has 0 amide bonds. The highest BCUT2D eigenvalue weighted by Crippen LogP contribution is 2.23. The van der Waals surface area contributed by atoms with Gasteiger partial charge in [0.15, 0.2) is 0 Å². The predicted octanol–water partition coefficient (Wildman–Crippen LogP) is 3.16. The monoisotopic (exact) mass is 257 g/mol. The molecule has 0 atom stereocenters. The molecule has 0 aliphatic carbocycles. The number of benzene rings is 2. The number of ether oxygens (including phenoxy) is 2. The molecule has 2 aromatic carbocycles. The second kappa shape index (κ2) is 5.91. The van der Waals surface area contributed by atoms with Gasteiger partial charge in [-0.2, -0.15) is 0 Å². The maximum atomic E-state index is 9.74. The molecule has 4 nitrogen and oxygen atoms in total. The molecule has 0 saturated carbocycles. The summed E-state index contributed by atoms with van der Waals surface area (Å²) in [6.07, 6.45) is 1.59. The van der Waals surface area contributed by atoms with E-state index in [2.05, 4.69) is 4.99 Å². The average molecular weight is 257 g/mol. The molecule has 2 rings (SSSR count). The van der Waals surface area contributed by atoms with E-state index in [9.17, 15) is 5.11 Å². The zero-order valence-corrected chi connectivity index (χ0v) is 10.8. The average Bonchev–Trinajstić information content (AvgIpc) is 2.46. The fourth-order valence-corrected chi connectivity index (χ4v) is 1.60. The summed E-state index contributed by atoms with van der Waals surface area (Å²) in [6, 6.07) is 12.4. The van der Waals surface area contributed by atoms with E-state index < -0.39 is 0 Å². The van der Waals surface area contributed by atoms with Crippen LogP contribution in [0.4, 0.5) is 5.69 Å². The summed E-state index contributed by atoms with van der Waals surface area (Å²) in [5.41, 5.74) is 1.35. The van der Waals surface area contributed by atoms with Gasteiger partial charge in [-0.25, -0.2) is 0 Å². The highest BCUT2D eigenvalue weighted by Gasteiger charge is 2.00. The van der Waals surface area contributed by atoms with Crippen LogP contribution in [0, 0.1) is 0 Å². The van der Waals surface area contributed by atoms with Crippen molar-refractivity contribution in [2.75, 3.05) is 14.2 Å². The molecule has 0 fully saturated rings. The Labute approximate surface area is 111 Å². The van der Waals surface area contributed by atoms with Crippen LogP contribution in [-0.4, -0.2) is 25.5 Å². The summed E-state index contributed by atoms with van der Waals surface area (Å²) in [5.74, 6) is 1.57. The molecule has 0 saturated heterocycles. The van der Waals surface area contributed by atoms with Gasteiger partial charge in [-0.1, -0.05) is 6.07 Å². The fraction of sp³-hybridized carbons (Fsp3) is 0.133. The van der Waals surface area contributed by atoms with Gasteiger partial charge in [0.1, 0.15) is 17.2 Å². The van der Waals surface area contributed by atoms with Crippen molar-refractivity contribution >= 4 is 11.9 Å². The van der Waals surface area contributed by atoms with Crippen molar-refractivity contribution in [2.24, 2.45) is 4.99 Å². The first-order valence-electron chi connectivity index (χ1n) is 5.78. The Morgan fingerprint density at radius 1 is 1.00 bits per heavy atom. The van der Waals surface area contributed by atoms with Crippen molar-refractivity contribution < 1.29 is 14.6 Å². The van der Waals surface area contributed by atoms with Crippen molar-refractivity contribution in [1.29, 1.82) is 0 Å². The summed E-state index contributed by atoms with van der Waals surface area (Å²) >= 11 is 0. The maximum Gasteiger partial charge on any atom is 0.124 e. The van der Waals surface area contributed by atoms with Crippen LogP contribution in [0.5, 0.6) is 17.2 Å². The highest BCUT2D eigenvalue weighted by molar-refractivity contribution is 5.86. The first-order chi connectivity index (χ1) is 9.22. The fourth-order valence-electron chi connectivity index (χ4n) is 1.60. The Morgan fingerprint density at radius 2 is 1.74 bits per heavy atom. The molecular formula is C15H15NO3. The third kappa shape index (κ3) is 3.25. The Morgan fingerprint density at radius 3 is 2.47 bits per heavy atom. The second-order valence-electron chi connectivity index (χ2n) is 3.88. The van der Waals surface area contributed by atoms with E-state index in [0.717, 1.165) is 11.4 Å². The number of hydrogen-bond donors (Lipinski definition) is 1. The van der Waals surface area contributed by atoms with Crippen LogP contribution < -0.4 is 9.47 Å². The van der Waals surface area contributed by atoms with Crippen LogP contribution in [-0.2, 0) is 0 Å². The molecule has 4 heteroatoms. The van der Waals surface area contributed by atoms with Gasteiger partial charge in [0.2, 0.25) is 0 Å². The number of phenolic OH excluding ortho intramolecular Hbond substituents is 1. The van der Waals surface area contributed by atoms with E-state index in [4.69, 9.17) is 9.47 Å². The number of rotatable bonds is 4. The lowest BCUT2D eigenvalue weighted by atomic mass is 10.2. The summed E-state index contributed by atoms with van der Waals surface area (Å²) in [7, 11) is 3.19. The largest absolute Gasteiger partial charge is 0.507 e. The quantitative estimate of drug-likeness (QED) is 0.856. The molecule has 0 heterocycles. The highest BCUT2D eigenvalue weighted by atomic mass is 16.5. The van der Waals surface area contributed by atoms with E-state index in [1.165, 1.54) is 0 Å². The topological polar surface area (TPSA) is 51.0 Å². The summed E-state index contributed by atoms with van der Waals surface area (Å²) in [6.45, 7) is 0. The van der Waals surface area contributed by atoms with E-state index in [1.54, 1.807) is 38.6 Å². The van der Waals surface area contributed by atoms with Gasteiger partial charge in [-0.15, -0.1) is 0 Å². The number of hydrogen-bond acceptors (Lipinski definition) is 4. The second-order valence-corrected chi connectivity index (χ2v) is 3.88. The zero-order chi connectivity index (χ0) is 13.7. The normalized spacial score (nSPS) is 10.6. The van der Waals surface area contributed by atoms with Gasteiger partial charge in [0, 0.05) is 17.8 Å². The van der Waals surface area contributed by atoms with Crippen LogP contribution in [0.2, 0.25) is 0 Å². The molecule has 98 valence electrons. The van der Waals surface area contributed by atoms with Crippen LogP contribution in [0.25, 0.3) is 0 Å². The molecule has 2 aromatic rings. The number of aliphatic imine (C=N–C) groups is 1. The maximum absolute atomic E-state index is 9.74. The summed E-state index contributed by atoms with van der Waals surface area (Å²) in [4.78, 5) is 4.30. The Kier molecular flexibility index (Phi) is 4.03. The molecule has 1 N–H and O–H groups in total. The van der Waals surface area contributed by atoms with Crippen molar-refractivity contribution in [3.05, 3.63) is 48.0 Å². The molecule has 0 aliphatic rings. The van der Waals surface area contributed by atoms with Crippen molar-refractivity contribution in [2.45, 2.75) is 0 Å². The SMILES string of the molecule is COc1cccc(N=Cc2cc(OC)ccc2O)c1. The van der Waals surface area contributed by atoms with Crippen LogP contribution >= 0.6 is 0 Å². The molecular weight excluding hydrogens is 242 g/mol. The number of nitrogens with zero attached hydrogens (tertiary/aromatic N) is 1. The lowest BCUT2D eigenvalue weighted by Gasteiger charge is -2.03. The molecule has 0 aliphatic heterocycles. The van der Waals surface area contributed by atoms with Gasteiger partial charge < -0.3 is 14.6 Å². The molecule has 0 radical (unpaired) electrons. The summed E-state index contributed by atoms with van der Waals surface area (Å²) in [5, 5.41) is 9.74. The van der Waals surface area contributed by atoms with E-state index in [-0.39, 0.29) is 5.75 Å². The van der Waals surface area contributed by atoms with Crippen molar-refractivity contribution in [3.8, 4) is 17.2 Å². The number of methoxy groups -OCH3 is 2. The molecule has 0 bridgehead atoms. The van der Waals surface area contributed by atoms with Crippen LogP contribution in [0.15, 0.2) is 47.5 Å². The number of phenols is 1. The third-order valence-electron chi connectivity index (χ3n) is 2.64. The first kappa shape index (κ1) is 13.0. The predicted molar refractivity (Wildman–Crippen MR) is 74.9 cm³/mol. The van der Waals surface area contributed by atoms with E-state index in [1.807, 2.05) is 24.3 Å².